The Kier molecular flexibility index (Phi) is 5.76. The van der Waals surface area contributed by atoms with Gasteiger partial charge in [0.2, 0.25) is 11.8 Å². The number of hydrogen-bond donors (Lipinski definition) is 1. The molecule has 0 aromatic heterocycles. The van der Waals surface area contributed by atoms with Crippen molar-refractivity contribution in [2.45, 2.75) is 19.4 Å². The summed E-state index contributed by atoms with van der Waals surface area (Å²) in [6.07, 6.45) is 1.03. The highest BCUT2D eigenvalue weighted by molar-refractivity contribution is 5.94. The maximum Gasteiger partial charge on any atom is 0.238 e. The molecule has 1 saturated heterocycles. The van der Waals surface area contributed by atoms with Gasteiger partial charge in [-0.2, -0.15) is 0 Å². The molecule has 3 rings (SSSR count). The van der Waals surface area contributed by atoms with Crippen molar-refractivity contribution in [3.05, 3.63) is 54.1 Å². The molecule has 1 N–H and O–H groups in total. The average Bonchev–Trinajstić information content (AvgIpc) is 2.65. The number of carbonyl (C=O) groups is 2. The SMILES string of the molecule is COc1cccc(C2CCN2CC(=O)Nc2ccc(N(C)C(C)=O)cc2)c1. The molecule has 1 atom stereocenters. The molecule has 0 bridgehead atoms. The van der Waals surface area contributed by atoms with Gasteiger partial charge in [-0.1, -0.05) is 12.1 Å². The molecule has 0 spiro atoms. The summed E-state index contributed by atoms with van der Waals surface area (Å²) in [7, 11) is 3.38. The summed E-state index contributed by atoms with van der Waals surface area (Å²) in [5, 5.41) is 2.92. The van der Waals surface area contributed by atoms with E-state index in [1.165, 1.54) is 12.5 Å². The standard InChI is InChI=1S/C21H25N3O3/c1-15(25)23(2)18-9-7-17(8-10-18)22-21(26)14-24-12-11-20(24)16-5-4-6-19(13-16)27-3/h4-10,13,20H,11-12,14H2,1-3H3,(H,22,26). The lowest BCUT2D eigenvalue weighted by Gasteiger charge is -2.40. The monoisotopic (exact) mass is 367 g/mol. The molecular formula is C21H25N3O3. The molecule has 1 aliphatic rings. The highest BCUT2D eigenvalue weighted by Gasteiger charge is 2.30. The van der Waals surface area contributed by atoms with Crippen LogP contribution in [0.25, 0.3) is 0 Å². The molecule has 2 aromatic carbocycles. The van der Waals surface area contributed by atoms with E-state index in [-0.39, 0.29) is 17.9 Å². The van der Waals surface area contributed by atoms with E-state index in [2.05, 4.69) is 16.3 Å². The van der Waals surface area contributed by atoms with Crippen LogP contribution in [0.15, 0.2) is 48.5 Å². The van der Waals surface area contributed by atoms with Gasteiger partial charge in [-0.15, -0.1) is 0 Å². The lowest BCUT2D eigenvalue weighted by molar-refractivity contribution is -0.119. The highest BCUT2D eigenvalue weighted by atomic mass is 16.5. The van der Waals surface area contributed by atoms with Crippen LogP contribution in [-0.2, 0) is 9.59 Å². The second-order valence-corrected chi connectivity index (χ2v) is 6.72. The van der Waals surface area contributed by atoms with Gasteiger partial charge in [0, 0.05) is 37.9 Å². The van der Waals surface area contributed by atoms with E-state index in [0.29, 0.717) is 6.54 Å². The quantitative estimate of drug-likeness (QED) is 0.852. The summed E-state index contributed by atoms with van der Waals surface area (Å²) in [5.41, 5.74) is 2.69. The van der Waals surface area contributed by atoms with Gasteiger partial charge in [0.05, 0.1) is 13.7 Å². The number of amides is 2. The van der Waals surface area contributed by atoms with Gasteiger partial charge in [-0.05, 0) is 48.4 Å². The Labute approximate surface area is 159 Å². The maximum absolute atomic E-state index is 12.4. The minimum absolute atomic E-state index is 0.0341. The van der Waals surface area contributed by atoms with E-state index in [1.54, 1.807) is 19.1 Å². The molecule has 142 valence electrons. The summed E-state index contributed by atoms with van der Waals surface area (Å²) in [5.74, 6) is 0.753. The third-order valence-corrected chi connectivity index (χ3v) is 4.97. The minimum Gasteiger partial charge on any atom is -0.497 e. The number of rotatable bonds is 6. The molecule has 0 saturated carbocycles. The van der Waals surface area contributed by atoms with Crippen molar-refractivity contribution in [1.29, 1.82) is 0 Å². The van der Waals surface area contributed by atoms with Crippen LogP contribution in [0.4, 0.5) is 11.4 Å². The number of ether oxygens (including phenoxy) is 1. The van der Waals surface area contributed by atoms with Crippen molar-refractivity contribution in [1.82, 2.24) is 4.90 Å². The first-order chi connectivity index (χ1) is 13.0. The molecule has 1 fully saturated rings. The van der Waals surface area contributed by atoms with Gasteiger partial charge in [0.25, 0.3) is 0 Å². The molecule has 6 nitrogen and oxygen atoms in total. The van der Waals surface area contributed by atoms with Gasteiger partial charge in [-0.3, -0.25) is 14.5 Å². The molecule has 0 aliphatic carbocycles. The number of benzene rings is 2. The smallest absolute Gasteiger partial charge is 0.238 e. The third kappa shape index (κ3) is 4.46. The van der Waals surface area contributed by atoms with Crippen LogP contribution < -0.4 is 15.0 Å². The van der Waals surface area contributed by atoms with Crippen molar-refractivity contribution >= 4 is 23.2 Å². The lowest BCUT2D eigenvalue weighted by Crippen LogP contribution is -2.45. The number of likely N-dealkylation sites (tertiary alicyclic amines) is 1. The third-order valence-electron chi connectivity index (χ3n) is 4.97. The van der Waals surface area contributed by atoms with E-state index in [9.17, 15) is 9.59 Å². The Hall–Kier alpha value is -2.86. The Morgan fingerprint density at radius 3 is 2.56 bits per heavy atom. The van der Waals surface area contributed by atoms with E-state index in [4.69, 9.17) is 4.74 Å². The van der Waals surface area contributed by atoms with Gasteiger partial charge in [-0.25, -0.2) is 0 Å². The van der Waals surface area contributed by atoms with Crippen molar-refractivity contribution in [3.8, 4) is 5.75 Å². The zero-order chi connectivity index (χ0) is 19.4. The molecule has 2 amide bonds. The van der Waals surface area contributed by atoms with E-state index < -0.39 is 0 Å². The van der Waals surface area contributed by atoms with Crippen LogP contribution in [0, 0.1) is 0 Å². The van der Waals surface area contributed by atoms with Crippen LogP contribution in [0.2, 0.25) is 0 Å². The van der Waals surface area contributed by atoms with Crippen LogP contribution >= 0.6 is 0 Å². The van der Waals surface area contributed by atoms with Crippen LogP contribution in [-0.4, -0.2) is 44.0 Å². The fraction of sp³-hybridized carbons (Fsp3) is 0.333. The zero-order valence-corrected chi connectivity index (χ0v) is 15.9. The van der Waals surface area contributed by atoms with Gasteiger partial charge in [0.1, 0.15) is 5.75 Å². The van der Waals surface area contributed by atoms with Crippen LogP contribution in [0.5, 0.6) is 5.75 Å². The van der Waals surface area contributed by atoms with Crippen molar-refractivity contribution in [3.63, 3.8) is 0 Å². The predicted octanol–water partition coefficient (Wildman–Crippen LogP) is 3.06. The second kappa shape index (κ2) is 8.22. The molecule has 2 aromatic rings. The Balaban J connectivity index is 1.57. The topological polar surface area (TPSA) is 61.9 Å². The number of nitrogens with one attached hydrogen (secondary N) is 1. The van der Waals surface area contributed by atoms with Crippen LogP contribution in [0.1, 0.15) is 24.9 Å². The number of hydrogen-bond acceptors (Lipinski definition) is 4. The summed E-state index contributed by atoms with van der Waals surface area (Å²) in [6, 6.07) is 15.5. The van der Waals surface area contributed by atoms with Crippen LogP contribution in [0.3, 0.4) is 0 Å². The number of anilines is 2. The number of methoxy groups -OCH3 is 1. The molecule has 0 radical (unpaired) electrons. The Bertz CT molecular complexity index is 820. The fourth-order valence-electron chi connectivity index (χ4n) is 3.19. The lowest BCUT2D eigenvalue weighted by atomic mass is 9.94. The molecule has 1 unspecified atom stereocenters. The molecule has 27 heavy (non-hydrogen) atoms. The van der Waals surface area contributed by atoms with Crippen molar-refractivity contribution < 1.29 is 14.3 Å². The van der Waals surface area contributed by atoms with E-state index in [1.807, 2.05) is 42.5 Å². The first-order valence-corrected chi connectivity index (χ1v) is 9.00. The van der Waals surface area contributed by atoms with Gasteiger partial charge < -0.3 is 15.0 Å². The van der Waals surface area contributed by atoms with E-state index >= 15 is 0 Å². The molecular weight excluding hydrogens is 342 g/mol. The summed E-state index contributed by atoms with van der Waals surface area (Å²) in [6.45, 7) is 2.76. The molecule has 1 aliphatic heterocycles. The number of carbonyl (C=O) groups excluding carboxylic acids is 2. The highest BCUT2D eigenvalue weighted by Crippen LogP contribution is 2.34. The number of nitrogens with zero attached hydrogens (tertiary/aromatic N) is 2. The fourth-order valence-corrected chi connectivity index (χ4v) is 3.19. The first kappa shape index (κ1) is 18.9. The van der Waals surface area contributed by atoms with Gasteiger partial charge >= 0.3 is 0 Å². The largest absolute Gasteiger partial charge is 0.497 e. The second-order valence-electron chi connectivity index (χ2n) is 6.72. The average molecular weight is 367 g/mol. The normalized spacial score (nSPS) is 16.3. The summed E-state index contributed by atoms with van der Waals surface area (Å²) < 4.78 is 5.29. The Morgan fingerprint density at radius 1 is 1.22 bits per heavy atom. The van der Waals surface area contributed by atoms with Gasteiger partial charge in [0.15, 0.2) is 0 Å². The zero-order valence-electron chi connectivity index (χ0n) is 15.9. The predicted molar refractivity (Wildman–Crippen MR) is 106 cm³/mol. The maximum atomic E-state index is 12.4. The minimum atomic E-state index is -0.0460. The molecule has 6 heteroatoms. The molecule has 1 heterocycles. The summed E-state index contributed by atoms with van der Waals surface area (Å²) in [4.78, 5) is 27.5. The van der Waals surface area contributed by atoms with Crippen molar-refractivity contribution in [2.24, 2.45) is 0 Å². The Morgan fingerprint density at radius 2 is 1.96 bits per heavy atom. The van der Waals surface area contributed by atoms with Crippen molar-refractivity contribution in [2.75, 3.05) is 37.5 Å². The van der Waals surface area contributed by atoms with E-state index in [0.717, 1.165) is 30.1 Å². The first-order valence-electron chi connectivity index (χ1n) is 9.00. The summed E-state index contributed by atoms with van der Waals surface area (Å²) >= 11 is 0.